The first-order valence-corrected chi connectivity index (χ1v) is 7.31. The molecule has 1 aliphatic rings. The first-order valence-electron chi connectivity index (χ1n) is 5.84. The monoisotopic (exact) mass is 289 g/mol. The zero-order valence-electron chi connectivity index (χ0n) is 10.6. The molecule has 0 unspecified atom stereocenters. The van der Waals surface area contributed by atoms with Gasteiger partial charge in [-0.2, -0.15) is 8.42 Å². The van der Waals surface area contributed by atoms with E-state index in [1.807, 2.05) is 30.3 Å². The Morgan fingerprint density at radius 3 is 2.60 bits per heavy atom. The van der Waals surface area contributed by atoms with Crippen LogP contribution in [0.15, 0.2) is 41.9 Å². The third-order valence-corrected chi connectivity index (χ3v) is 3.77. The maximum Gasteiger partial charge on any atom is 0.333 e. The summed E-state index contributed by atoms with van der Waals surface area (Å²) in [6.07, 6.45) is 3.06. The van der Waals surface area contributed by atoms with E-state index in [1.54, 1.807) is 13.3 Å². The molecule has 2 aromatic rings. The van der Waals surface area contributed by atoms with Gasteiger partial charge in [0.05, 0.1) is 12.5 Å². The van der Waals surface area contributed by atoms with Crippen LogP contribution in [0.2, 0.25) is 0 Å². The van der Waals surface area contributed by atoms with Crippen LogP contribution in [-0.2, 0) is 10.1 Å². The number of hydrogen-bond acceptors (Lipinski definition) is 5. The van der Waals surface area contributed by atoms with Gasteiger partial charge in [0.1, 0.15) is 5.75 Å². The van der Waals surface area contributed by atoms with Crippen molar-refractivity contribution >= 4 is 16.2 Å². The molecule has 0 saturated carbocycles. The van der Waals surface area contributed by atoms with Crippen molar-refractivity contribution < 1.29 is 17.3 Å². The van der Waals surface area contributed by atoms with Crippen LogP contribution in [0.25, 0.3) is 17.2 Å². The Bertz CT molecular complexity index is 779. The Hall–Kier alpha value is -2.34. The minimum atomic E-state index is -3.64. The lowest BCUT2D eigenvalue weighted by molar-refractivity contribution is 0.415. The van der Waals surface area contributed by atoms with Gasteiger partial charge in [-0.05, 0) is 29.8 Å². The standard InChI is InChI=1S/C14H11NO4S/c1-18-13-4-2-10(3-5-13)12-8-11-6-7-20(16,17)19-14(11)15-9-12/h2-9H,1H3. The van der Waals surface area contributed by atoms with E-state index in [-0.39, 0.29) is 5.88 Å². The second kappa shape index (κ2) is 4.64. The highest BCUT2D eigenvalue weighted by atomic mass is 32.2. The summed E-state index contributed by atoms with van der Waals surface area (Å²) < 4.78 is 32.5. The minimum Gasteiger partial charge on any atom is -0.497 e. The predicted molar refractivity (Wildman–Crippen MR) is 74.8 cm³/mol. The van der Waals surface area contributed by atoms with Crippen LogP contribution in [0.1, 0.15) is 5.56 Å². The molecule has 1 aromatic heterocycles. The van der Waals surface area contributed by atoms with Gasteiger partial charge in [-0.3, -0.25) is 0 Å². The van der Waals surface area contributed by atoms with Crippen molar-refractivity contribution in [3.8, 4) is 22.8 Å². The number of fused-ring (bicyclic) bond motifs is 1. The Labute approximate surface area is 116 Å². The van der Waals surface area contributed by atoms with Crippen molar-refractivity contribution in [2.45, 2.75) is 0 Å². The summed E-state index contributed by atoms with van der Waals surface area (Å²) in [5, 5.41) is 1.02. The Kier molecular flexibility index (Phi) is 2.94. The molecular formula is C14H11NO4S. The lowest BCUT2D eigenvalue weighted by atomic mass is 10.1. The van der Waals surface area contributed by atoms with E-state index in [9.17, 15) is 8.42 Å². The molecule has 0 saturated heterocycles. The van der Waals surface area contributed by atoms with Gasteiger partial charge in [-0.15, -0.1) is 0 Å². The van der Waals surface area contributed by atoms with Crippen molar-refractivity contribution in [2.24, 2.45) is 0 Å². The topological polar surface area (TPSA) is 65.5 Å². The fourth-order valence-corrected chi connectivity index (χ4v) is 2.62. The Morgan fingerprint density at radius 1 is 1.15 bits per heavy atom. The van der Waals surface area contributed by atoms with E-state index in [0.717, 1.165) is 22.3 Å². The molecule has 0 spiro atoms. The summed E-state index contributed by atoms with van der Waals surface area (Å²) in [5.41, 5.74) is 2.47. The molecule has 0 atom stereocenters. The van der Waals surface area contributed by atoms with E-state index in [1.165, 1.54) is 6.08 Å². The summed E-state index contributed by atoms with van der Waals surface area (Å²) >= 11 is 0. The minimum absolute atomic E-state index is 0.102. The SMILES string of the molecule is COc1ccc(-c2cnc3c(c2)C=CS(=O)(=O)O3)cc1. The third kappa shape index (κ3) is 2.37. The normalized spacial score (nSPS) is 15.2. The van der Waals surface area contributed by atoms with Crippen molar-refractivity contribution in [3.63, 3.8) is 0 Å². The Balaban J connectivity index is 2.00. The van der Waals surface area contributed by atoms with Crippen molar-refractivity contribution in [3.05, 3.63) is 47.5 Å². The van der Waals surface area contributed by atoms with Crippen LogP contribution in [-0.4, -0.2) is 20.5 Å². The van der Waals surface area contributed by atoms with Gasteiger partial charge >= 0.3 is 10.1 Å². The fourth-order valence-electron chi connectivity index (χ4n) is 1.89. The van der Waals surface area contributed by atoms with Gasteiger partial charge in [-0.25, -0.2) is 4.98 Å². The number of hydrogen-bond donors (Lipinski definition) is 0. The van der Waals surface area contributed by atoms with Gasteiger partial charge in [0.15, 0.2) is 0 Å². The zero-order valence-corrected chi connectivity index (χ0v) is 11.4. The first kappa shape index (κ1) is 12.7. The maximum atomic E-state index is 11.3. The lowest BCUT2D eigenvalue weighted by Gasteiger charge is -2.12. The highest BCUT2D eigenvalue weighted by Gasteiger charge is 2.18. The number of pyridine rings is 1. The summed E-state index contributed by atoms with van der Waals surface area (Å²) in [7, 11) is -2.03. The number of ether oxygens (including phenoxy) is 1. The van der Waals surface area contributed by atoms with E-state index in [4.69, 9.17) is 8.92 Å². The van der Waals surface area contributed by atoms with Crippen molar-refractivity contribution in [1.82, 2.24) is 4.98 Å². The van der Waals surface area contributed by atoms with Crippen LogP contribution < -0.4 is 8.92 Å². The highest BCUT2D eigenvalue weighted by molar-refractivity contribution is 7.90. The molecule has 1 aromatic carbocycles. The van der Waals surface area contributed by atoms with E-state index in [2.05, 4.69) is 4.98 Å². The number of methoxy groups -OCH3 is 1. The second-order valence-corrected chi connectivity index (χ2v) is 5.65. The largest absolute Gasteiger partial charge is 0.497 e. The molecular weight excluding hydrogens is 278 g/mol. The molecule has 0 aliphatic carbocycles. The quantitative estimate of drug-likeness (QED) is 0.794. The maximum absolute atomic E-state index is 11.3. The van der Waals surface area contributed by atoms with Crippen LogP contribution >= 0.6 is 0 Å². The van der Waals surface area contributed by atoms with Gasteiger partial charge in [-0.1, -0.05) is 12.1 Å². The number of aromatic nitrogens is 1. The number of rotatable bonds is 2. The average molecular weight is 289 g/mol. The molecule has 3 rings (SSSR count). The molecule has 6 heteroatoms. The smallest absolute Gasteiger partial charge is 0.333 e. The van der Waals surface area contributed by atoms with Crippen molar-refractivity contribution in [1.29, 1.82) is 0 Å². The Morgan fingerprint density at radius 2 is 1.90 bits per heavy atom. The van der Waals surface area contributed by atoms with E-state index < -0.39 is 10.1 Å². The average Bonchev–Trinajstić information content (AvgIpc) is 2.46. The van der Waals surface area contributed by atoms with Gasteiger partial charge in [0, 0.05) is 17.3 Å². The predicted octanol–water partition coefficient (Wildman–Crippen LogP) is 2.45. The summed E-state index contributed by atoms with van der Waals surface area (Å²) in [6.45, 7) is 0. The van der Waals surface area contributed by atoms with Gasteiger partial charge < -0.3 is 8.92 Å². The summed E-state index contributed by atoms with van der Waals surface area (Å²) in [6, 6.07) is 9.35. The summed E-state index contributed by atoms with van der Waals surface area (Å²) in [4.78, 5) is 4.05. The van der Waals surface area contributed by atoms with Crippen LogP contribution in [0, 0.1) is 0 Å². The molecule has 2 heterocycles. The molecule has 5 nitrogen and oxygen atoms in total. The molecule has 0 bridgehead atoms. The number of benzene rings is 1. The molecule has 20 heavy (non-hydrogen) atoms. The first-order chi connectivity index (χ1) is 9.57. The molecule has 0 fully saturated rings. The zero-order chi connectivity index (χ0) is 14.2. The molecule has 0 radical (unpaired) electrons. The van der Waals surface area contributed by atoms with E-state index in [0.29, 0.717) is 5.56 Å². The second-order valence-electron chi connectivity index (χ2n) is 4.23. The molecule has 1 aliphatic heterocycles. The van der Waals surface area contributed by atoms with Crippen LogP contribution in [0.5, 0.6) is 11.6 Å². The summed E-state index contributed by atoms with van der Waals surface area (Å²) in [5.74, 6) is 0.874. The highest BCUT2D eigenvalue weighted by Crippen LogP contribution is 2.29. The number of nitrogens with zero attached hydrogens (tertiary/aromatic N) is 1. The molecule has 0 amide bonds. The van der Waals surface area contributed by atoms with Gasteiger partial charge in [0.2, 0.25) is 5.88 Å². The third-order valence-electron chi connectivity index (χ3n) is 2.91. The lowest BCUT2D eigenvalue weighted by Crippen LogP contribution is -2.10. The van der Waals surface area contributed by atoms with Gasteiger partial charge in [0.25, 0.3) is 0 Å². The fraction of sp³-hybridized carbons (Fsp3) is 0.0714. The molecule has 102 valence electrons. The van der Waals surface area contributed by atoms with Crippen LogP contribution in [0.3, 0.4) is 0 Å². The van der Waals surface area contributed by atoms with Crippen LogP contribution in [0.4, 0.5) is 0 Å². The molecule has 0 N–H and O–H groups in total. The van der Waals surface area contributed by atoms with Crippen molar-refractivity contribution in [2.75, 3.05) is 7.11 Å². The van der Waals surface area contributed by atoms with E-state index >= 15 is 0 Å².